The number of ether oxygens (including phenoxy) is 1. The van der Waals surface area contributed by atoms with Crippen molar-refractivity contribution in [2.75, 3.05) is 0 Å². The second-order valence-electron chi connectivity index (χ2n) is 7.89. The van der Waals surface area contributed by atoms with E-state index in [0.717, 1.165) is 29.5 Å². The van der Waals surface area contributed by atoms with Crippen LogP contribution in [0.25, 0.3) is 5.57 Å². The maximum atomic E-state index is 13.5. The molecule has 1 aromatic rings. The minimum Gasteiger partial charge on any atom is -0.423 e. The highest BCUT2D eigenvalue weighted by atomic mass is 79.9. The number of rotatable bonds is 2. The third kappa shape index (κ3) is 3.16. The maximum Gasteiger partial charge on any atom is 0.459 e. The summed E-state index contributed by atoms with van der Waals surface area (Å²) in [6.45, 7) is 6.52. The van der Waals surface area contributed by atoms with Crippen LogP contribution in [0.4, 0.5) is 8.78 Å². The number of benzene rings is 1. The summed E-state index contributed by atoms with van der Waals surface area (Å²) in [7, 11) is 0. The first-order chi connectivity index (χ1) is 12.1. The predicted octanol–water partition coefficient (Wildman–Crippen LogP) is 5.59. The zero-order chi connectivity index (χ0) is 18.7. The van der Waals surface area contributed by atoms with Gasteiger partial charge in [-0.2, -0.15) is 8.78 Å². The van der Waals surface area contributed by atoms with Crippen molar-refractivity contribution in [3.05, 3.63) is 58.7 Å². The molecular weight excluding hydrogens is 400 g/mol. The van der Waals surface area contributed by atoms with E-state index < -0.39 is 5.02 Å². The van der Waals surface area contributed by atoms with Crippen LogP contribution in [0.1, 0.15) is 38.3 Å². The number of nitrogens with one attached hydrogen (secondary N) is 1. The van der Waals surface area contributed by atoms with Crippen molar-refractivity contribution in [3.63, 3.8) is 0 Å². The van der Waals surface area contributed by atoms with E-state index in [9.17, 15) is 8.78 Å². The van der Waals surface area contributed by atoms with Crippen LogP contribution in [0.3, 0.4) is 0 Å². The molecule has 2 atom stereocenters. The van der Waals surface area contributed by atoms with Crippen LogP contribution in [0, 0.1) is 5.92 Å². The van der Waals surface area contributed by atoms with Gasteiger partial charge in [0, 0.05) is 39.0 Å². The fraction of sp³-hybridized carbons (Fsp3) is 0.429. The normalized spacial score (nSPS) is 26.6. The van der Waals surface area contributed by atoms with Gasteiger partial charge >= 0.3 is 5.02 Å². The number of fused-ring (bicyclic) bond motifs is 4. The zero-order valence-corrected chi connectivity index (χ0v) is 16.7. The van der Waals surface area contributed by atoms with E-state index in [-0.39, 0.29) is 23.2 Å². The summed E-state index contributed by atoms with van der Waals surface area (Å²) in [5.41, 5.74) is 5.51. The highest BCUT2D eigenvalue weighted by Crippen LogP contribution is 2.47. The van der Waals surface area contributed by atoms with Gasteiger partial charge in [0.25, 0.3) is 0 Å². The van der Waals surface area contributed by atoms with Gasteiger partial charge < -0.3 is 10.1 Å². The molecule has 1 heterocycles. The smallest absolute Gasteiger partial charge is 0.423 e. The molecule has 0 amide bonds. The van der Waals surface area contributed by atoms with Crippen LogP contribution < -0.4 is 10.1 Å². The highest BCUT2D eigenvalue weighted by Gasteiger charge is 2.39. The van der Waals surface area contributed by atoms with Crippen LogP contribution in [-0.2, 0) is 6.42 Å². The molecule has 1 aliphatic heterocycles. The van der Waals surface area contributed by atoms with Gasteiger partial charge in [0.05, 0.1) is 0 Å². The molecule has 0 aromatic heterocycles. The van der Waals surface area contributed by atoms with Crippen molar-refractivity contribution in [3.8, 4) is 5.75 Å². The van der Waals surface area contributed by atoms with E-state index in [1.165, 1.54) is 11.1 Å². The molecule has 1 N–H and O–H groups in total. The number of hydrogen-bond acceptors (Lipinski definition) is 2. The number of alkyl halides is 3. The molecule has 0 bridgehead atoms. The van der Waals surface area contributed by atoms with Crippen LogP contribution in [0.5, 0.6) is 5.75 Å². The van der Waals surface area contributed by atoms with E-state index in [2.05, 4.69) is 60.2 Å². The van der Waals surface area contributed by atoms with Gasteiger partial charge in [0.1, 0.15) is 5.75 Å². The second-order valence-corrected chi connectivity index (χ2v) is 8.82. The Bertz CT molecular complexity index is 848. The molecule has 1 aromatic carbocycles. The third-order valence-corrected chi connectivity index (χ3v) is 5.60. The summed E-state index contributed by atoms with van der Waals surface area (Å²) in [6, 6.07) is 5.64. The Morgan fingerprint density at radius 1 is 1.27 bits per heavy atom. The Morgan fingerprint density at radius 3 is 2.77 bits per heavy atom. The number of hydrogen-bond donors (Lipinski definition) is 1. The highest BCUT2D eigenvalue weighted by molar-refractivity contribution is 9.09. The lowest BCUT2D eigenvalue weighted by atomic mass is 9.69. The van der Waals surface area contributed by atoms with Crippen molar-refractivity contribution < 1.29 is 13.5 Å². The van der Waals surface area contributed by atoms with Crippen LogP contribution in [0.2, 0.25) is 0 Å². The molecule has 3 aliphatic rings. The second kappa shape index (κ2) is 6.03. The summed E-state index contributed by atoms with van der Waals surface area (Å²) in [5.74, 6) is 0.499. The van der Waals surface area contributed by atoms with Crippen molar-refractivity contribution in [1.29, 1.82) is 0 Å². The lowest BCUT2D eigenvalue weighted by Gasteiger charge is -2.44. The lowest BCUT2D eigenvalue weighted by molar-refractivity contribution is -0.0805. The minimum atomic E-state index is -3.38. The summed E-state index contributed by atoms with van der Waals surface area (Å²) in [5, 5.41) is 0.297. The molecule has 2 aliphatic carbocycles. The average molecular weight is 422 g/mol. The number of aryl methyl sites for hydroxylation is 1. The van der Waals surface area contributed by atoms with Gasteiger partial charge in [-0.15, -0.1) is 0 Å². The summed E-state index contributed by atoms with van der Waals surface area (Å²) < 4.78 is 31.8. The Balaban J connectivity index is 1.84. The van der Waals surface area contributed by atoms with Gasteiger partial charge in [-0.05, 0) is 50.8 Å². The van der Waals surface area contributed by atoms with E-state index in [4.69, 9.17) is 4.74 Å². The van der Waals surface area contributed by atoms with Crippen molar-refractivity contribution >= 4 is 21.5 Å². The van der Waals surface area contributed by atoms with Crippen molar-refractivity contribution in [1.82, 2.24) is 5.32 Å². The predicted molar refractivity (Wildman–Crippen MR) is 104 cm³/mol. The van der Waals surface area contributed by atoms with Crippen molar-refractivity contribution in [2.24, 2.45) is 5.92 Å². The van der Waals surface area contributed by atoms with Gasteiger partial charge in [-0.1, -0.05) is 41.5 Å². The first-order valence-corrected chi connectivity index (χ1v) is 9.70. The molecule has 2 unspecified atom stereocenters. The monoisotopic (exact) mass is 421 g/mol. The standard InChI is InChI=1S/C21H22BrF2NO/c1-12-11-20(2,3)25-16-10-9-15-14(18(12)16)8-7-13-5-4-6-17(19(13)15)26-21(22,23)24/h4-6,9-11,16,18,25H,7-8H2,1-3H3. The molecule has 0 fully saturated rings. The quantitative estimate of drug-likeness (QED) is 0.496. The largest absolute Gasteiger partial charge is 0.459 e. The number of halogens is 3. The van der Waals surface area contributed by atoms with Gasteiger partial charge in [0.2, 0.25) is 0 Å². The maximum absolute atomic E-state index is 13.5. The molecule has 5 heteroatoms. The Kier molecular flexibility index (Phi) is 4.16. The van der Waals surface area contributed by atoms with Gasteiger partial charge in [-0.25, -0.2) is 0 Å². The molecule has 4 rings (SSSR count). The molecule has 26 heavy (non-hydrogen) atoms. The summed E-state index contributed by atoms with van der Waals surface area (Å²) in [6.07, 6.45) is 8.31. The molecule has 138 valence electrons. The first kappa shape index (κ1) is 17.9. The Hall–Kier alpha value is -1.46. The summed E-state index contributed by atoms with van der Waals surface area (Å²) in [4.78, 5) is 0. The molecule has 0 saturated carbocycles. The molecule has 0 saturated heterocycles. The van der Waals surface area contributed by atoms with Crippen LogP contribution in [-0.4, -0.2) is 16.6 Å². The SMILES string of the molecule is CC1=CC(C)(C)NC2C=CC3=C(CCc4cccc(OC(F)(F)Br)c43)C12. The lowest BCUT2D eigenvalue weighted by Crippen LogP contribution is -2.52. The Morgan fingerprint density at radius 2 is 2.04 bits per heavy atom. The fourth-order valence-electron chi connectivity index (χ4n) is 4.73. The third-order valence-electron chi connectivity index (χ3n) is 5.44. The molecule has 0 spiro atoms. The zero-order valence-electron chi connectivity index (χ0n) is 15.1. The van der Waals surface area contributed by atoms with Gasteiger partial charge in [0.15, 0.2) is 0 Å². The van der Waals surface area contributed by atoms with Crippen LogP contribution in [0.15, 0.2) is 47.6 Å². The topological polar surface area (TPSA) is 21.3 Å². The van der Waals surface area contributed by atoms with E-state index >= 15 is 0 Å². The first-order valence-electron chi connectivity index (χ1n) is 8.91. The molecule has 0 radical (unpaired) electrons. The average Bonchev–Trinajstić information content (AvgIpc) is 2.51. The van der Waals surface area contributed by atoms with E-state index in [0.29, 0.717) is 0 Å². The van der Waals surface area contributed by atoms with Crippen molar-refractivity contribution in [2.45, 2.75) is 50.2 Å². The van der Waals surface area contributed by atoms with Crippen LogP contribution >= 0.6 is 15.9 Å². The fourth-order valence-corrected chi connectivity index (χ4v) is 4.90. The molecule has 2 nitrogen and oxygen atoms in total. The Labute approximate surface area is 161 Å². The summed E-state index contributed by atoms with van der Waals surface area (Å²) >= 11 is 2.30. The van der Waals surface area contributed by atoms with E-state index in [1.807, 2.05) is 6.07 Å². The number of allylic oxidation sites excluding steroid dienone is 2. The van der Waals surface area contributed by atoms with E-state index in [1.54, 1.807) is 12.1 Å². The minimum absolute atomic E-state index is 0.0491. The molecular formula is C21H22BrF2NO. The van der Waals surface area contributed by atoms with Gasteiger partial charge in [-0.3, -0.25) is 0 Å².